The van der Waals surface area contributed by atoms with E-state index in [9.17, 15) is 0 Å². The molecule has 1 aliphatic rings. The molecular formula is C14H22N2O. The molecule has 2 rings (SSSR count). The van der Waals surface area contributed by atoms with Gasteiger partial charge in [0.2, 0.25) is 0 Å². The van der Waals surface area contributed by atoms with E-state index in [0.717, 1.165) is 19.5 Å². The van der Waals surface area contributed by atoms with Gasteiger partial charge in [0.25, 0.3) is 0 Å². The summed E-state index contributed by atoms with van der Waals surface area (Å²) in [6.07, 6.45) is 6.10. The van der Waals surface area contributed by atoms with Crippen LogP contribution in [0.15, 0.2) is 18.3 Å². The highest BCUT2D eigenvalue weighted by atomic mass is 16.5. The molecule has 1 aromatic heterocycles. The monoisotopic (exact) mass is 234 g/mol. The van der Waals surface area contributed by atoms with Gasteiger partial charge in [-0.25, -0.2) is 0 Å². The fourth-order valence-electron chi connectivity index (χ4n) is 2.34. The van der Waals surface area contributed by atoms with E-state index in [1.165, 1.54) is 24.1 Å². The molecule has 1 aromatic rings. The van der Waals surface area contributed by atoms with Crippen molar-refractivity contribution in [3.63, 3.8) is 0 Å². The number of hydrogen-bond acceptors (Lipinski definition) is 3. The smallest absolute Gasteiger partial charge is 0.0704 e. The predicted octanol–water partition coefficient (Wildman–Crippen LogP) is 2.30. The molecule has 3 heteroatoms. The van der Waals surface area contributed by atoms with Crippen LogP contribution in [0.5, 0.6) is 0 Å². The number of ether oxygens (including phenoxy) is 1. The van der Waals surface area contributed by atoms with Gasteiger partial charge >= 0.3 is 0 Å². The lowest BCUT2D eigenvalue weighted by atomic mass is 10.1. The highest BCUT2D eigenvalue weighted by Crippen LogP contribution is 2.18. The Labute approximate surface area is 104 Å². The molecule has 0 amide bonds. The third-order valence-corrected chi connectivity index (χ3v) is 3.35. The Bertz CT molecular complexity index is 354. The van der Waals surface area contributed by atoms with Gasteiger partial charge in [-0.3, -0.25) is 4.98 Å². The Morgan fingerprint density at radius 1 is 1.47 bits per heavy atom. The van der Waals surface area contributed by atoms with Crippen molar-refractivity contribution in [2.24, 2.45) is 0 Å². The summed E-state index contributed by atoms with van der Waals surface area (Å²) in [7, 11) is 0. The van der Waals surface area contributed by atoms with Crippen LogP contribution < -0.4 is 5.32 Å². The summed E-state index contributed by atoms with van der Waals surface area (Å²) in [6.45, 7) is 6.10. The number of pyridine rings is 1. The minimum Gasteiger partial charge on any atom is -0.374 e. The van der Waals surface area contributed by atoms with Gasteiger partial charge in [0.1, 0.15) is 0 Å². The van der Waals surface area contributed by atoms with Crippen LogP contribution in [0.2, 0.25) is 0 Å². The fraction of sp³-hybridized carbons (Fsp3) is 0.643. The summed E-state index contributed by atoms with van der Waals surface area (Å²) in [4.78, 5) is 4.43. The molecule has 0 aliphatic carbocycles. The van der Waals surface area contributed by atoms with Crippen molar-refractivity contribution in [2.45, 2.75) is 51.9 Å². The van der Waals surface area contributed by atoms with Gasteiger partial charge in [0.05, 0.1) is 17.9 Å². The van der Waals surface area contributed by atoms with Crippen LogP contribution in [0.4, 0.5) is 0 Å². The third-order valence-electron chi connectivity index (χ3n) is 3.35. The van der Waals surface area contributed by atoms with Gasteiger partial charge in [-0.2, -0.15) is 0 Å². The van der Waals surface area contributed by atoms with Gasteiger partial charge in [0.15, 0.2) is 0 Å². The van der Waals surface area contributed by atoms with Crippen molar-refractivity contribution in [1.82, 2.24) is 10.3 Å². The van der Waals surface area contributed by atoms with E-state index in [-0.39, 0.29) is 0 Å². The van der Waals surface area contributed by atoms with Crippen LogP contribution in [0.3, 0.4) is 0 Å². The lowest BCUT2D eigenvalue weighted by Crippen LogP contribution is -2.27. The zero-order chi connectivity index (χ0) is 12.1. The first-order valence-electron chi connectivity index (χ1n) is 6.58. The van der Waals surface area contributed by atoms with E-state index >= 15 is 0 Å². The number of nitrogens with zero attached hydrogens (tertiary/aromatic N) is 1. The Balaban J connectivity index is 1.78. The summed E-state index contributed by atoms with van der Waals surface area (Å²) in [5.74, 6) is 0. The summed E-state index contributed by atoms with van der Waals surface area (Å²) < 4.78 is 5.77. The fourth-order valence-corrected chi connectivity index (χ4v) is 2.34. The van der Waals surface area contributed by atoms with E-state index < -0.39 is 0 Å². The topological polar surface area (TPSA) is 34.2 Å². The average molecular weight is 234 g/mol. The normalized spacial score (nSPS) is 24.1. The number of aromatic nitrogens is 1. The summed E-state index contributed by atoms with van der Waals surface area (Å²) in [6, 6.07) is 4.16. The van der Waals surface area contributed by atoms with Crippen molar-refractivity contribution in [3.05, 3.63) is 29.6 Å². The summed E-state index contributed by atoms with van der Waals surface area (Å²) in [5, 5.41) is 3.45. The second kappa shape index (κ2) is 6.12. The molecular weight excluding hydrogens is 212 g/mol. The standard InChI is InChI=1S/C14H22N2O/c1-3-12-5-4-8-16-14(12)10-15-9-13-7-6-11(2)17-13/h4-5,8,11,13,15H,3,6-7,9-10H2,1-2H3. The Hall–Kier alpha value is -0.930. The minimum absolute atomic E-state index is 0.388. The highest BCUT2D eigenvalue weighted by Gasteiger charge is 2.20. The Kier molecular flexibility index (Phi) is 4.51. The molecule has 1 fully saturated rings. The average Bonchev–Trinajstić information content (AvgIpc) is 2.76. The van der Waals surface area contributed by atoms with Crippen LogP contribution in [-0.4, -0.2) is 23.7 Å². The molecule has 94 valence electrons. The van der Waals surface area contributed by atoms with E-state index in [1.807, 2.05) is 12.3 Å². The largest absolute Gasteiger partial charge is 0.374 e. The number of aryl methyl sites for hydroxylation is 1. The Morgan fingerprint density at radius 2 is 2.35 bits per heavy atom. The van der Waals surface area contributed by atoms with Gasteiger partial charge in [0, 0.05) is 19.3 Å². The van der Waals surface area contributed by atoms with Crippen LogP contribution in [0.1, 0.15) is 37.9 Å². The first kappa shape index (κ1) is 12.5. The van der Waals surface area contributed by atoms with Crippen molar-refractivity contribution in [2.75, 3.05) is 6.54 Å². The third kappa shape index (κ3) is 3.51. The van der Waals surface area contributed by atoms with Gasteiger partial charge < -0.3 is 10.1 Å². The first-order chi connectivity index (χ1) is 8.29. The molecule has 0 spiro atoms. The quantitative estimate of drug-likeness (QED) is 0.849. The second-order valence-electron chi connectivity index (χ2n) is 4.74. The Morgan fingerprint density at radius 3 is 3.06 bits per heavy atom. The molecule has 1 saturated heterocycles. The molecule has 3 nitrogen and oxygen atoms in total. The van der Waals surface area contributed by atoms with Crippen LogP contribution in [0, 0.1) is 0 Å². The maximum absolute atomic E-state index is 5.77. The van der Waals surface area contributed by atoms with Crippen molar-refractivity contribution < 1.29 is 4.74 Å². The molecule has 2 unspecified atom stereocenters. The second-order valence-corrected chi connectivity index (χ2v) is 4.74. The minimum atomic E-state index is 0.388. The van der Waals surface area contributed by atoms with Gasteiger partial charge in [-0.15, -0.1) is 0 Å². The van der Waals surface area contributed by atoms with Gasteiger partial charge in [-0.05, 0) is 37.8 Å². The number of rotatable bonds is 5. The molecule has 0 radical (unpaired) electrons. The maximum atomic E-state index is 5.77. The van der Waals surface area contributed by atoms with Crippen molar-refractivity contribution in [1.29, 1.82) is 0 Å². The van der Waals surface area contributed by atoms with Crippen LogP contribution in [0.25, 0.3) is 0 Å². The molecule has 2 atom stereocenters. The molecule has 2 heterocycles. The molecule has 0 saturated carbocycles. The zero-order valence-corrected chi connectivity index (χ0v) is 10.8. The van der Waals surface area contributed by atoms with E-state index in [2.05, 4.69) is 30.2 Å². The van der Waals surface area contributed by atoms with Crippen LogP contribution in [-0.2, 0) is 17.7 Å². The zero-order valence-electron chi connectivity index (χ0n) is 10.8. The highest BCUT2D eigenvalue weighted by molar-refractivity contribution is 5.19. The van der Waals surface area contributed by atoms with Gasteiger partial charge in [-0.1, -0.05) is 13.0 Å². The summed E-state index contributed by atoms with van der Waals surface area (Å²) >= 11 is 0. The molecule has 0 bridgehead atoms. The number of nitrogens with one attached hydrogen (secondary N) is 1. The molecule has 0 aromatic carbocycles. The van der Waals surface area contributed by atoms with Crippen molar-refractivity contribution >= 4 is 0 Å². The van der Waals surface area contributed by atoms with Crippen molar-refractivity contribution in [3.8, 4) is 0 Å². The first-order valence-corrected chi connectivity index (χ1v) is 6.58. The predicted molar refractivity (Wildman–Crippen MR) is 68.9 cm³/mol. The van der Waals surface area contributed by atoms with E-state index in [4.69, 9.17) is 4.74 Å². The van der Waals surface area contributed by atoms with Crippen LogP contribution >= 0.6 is 0 Å². The lowest BCUT2D eigenvalue weighted by molar-refractivity contribution is 0.0558. The van der Waals surface area contributed by atoms with E-state index in [1.54, 1.807) is 0 Å². The molecule has 17 heavy (non-hydrogen) atoms. The molecule has 1 aliphatic heterocycles. The van der Waals surface area contributed by atoms with E-state index in [0.29, 0.717) is 12.2 Å². The maximum Gasteiger partial charge on any atom is 0.0704 e. The summed E-state index contributed by atoms with van der Waals surface area (Å²) in [5.41, 5.74) is 2.50. The lowest BCUT2D eigenvalue weighted by Gasteiger charge is -2.13. The SMILES string of the molecule is CCc1cccnc1CNCC1CCC(C)O1. The molecule has 1 N–H and O–H groups in total. The number of hydrogen-bond donors (Lipinski definition) is 1.